The Labute approximate surface area is 117 Å². The van der Waals surface area contributed by atoms with Crippen LogP contribution < -0.4 is 9.64 Å². The first-order chi connectivity index (χ1) is 9.70. The zero-order valence-electron chi connectivity index (χ0n) is 11.5. The van der Waals surface area contributed by atoms with Crippen molar-refractivity contribution in [3.05, 3.63) is 12.4 Å². The SMILES string of the molecule is COc1cc(N2C(C(=O)O)CC3CCCCC32)ncn1. The van der Waals surface area contributed by atoms with Crippen LogP contribution in [0.4, 0.5) is 5.82 Å². The summed E-state index contributed by atoms with van der Waals surface area (Å²) < 4.78 is 5.12. The molecule has 1 aromatic rings. The largest absolute Gasteiger partial charge is 0.481 e. The molecule has 20 heavy (non-hydrogen) atoms. The molecule has 1 saturated heterocycles. The van der Waals surface area contributed by atoms with Gasteiger partial charge in [-0.3, -0.25) is 0 Å². The minimum Gasteiger partial charge on any atom is -0.481 e. The summed E-state index contributed by atoms with van der Waals surface area (Å²) in [4.78, 5) is 21.8. The van der Waals surface area contributed by atoms with E-state index in [1.54, 1.807) is 13.2 Å². The highest BCUT2D eigenvalue weighted by atomic mass is 16.5. The highest BCUT2D eigenvalue weighted by molar-refractivity contribution is 5.79. The molecule has 108 valence electrons. The molecule has 3 rings (SSSR count). The molecule has 1 N–H and O–H groups in total. The summed E-state index contributed by atoms with van der Waals surface area (Å²) in [6.45, 7) is 0. The van der Waals surface area contributed by atoms with Crippen molar-refractivity contribution in [1.29, 1.82) is 0 Å². The number of carboxylic acids is 1. The van der Waals surface area contributed by atoms with Crippen LogP contribution in [0.3, 0.4) is 0 Å². The van der Waals surface area contributed by atoms with Crippen molar-refractivity contribution in [2.75, 3.05) is 12.0 Å². The van der Waals surface area contributed by atoms with Crippen molar-refractivity contribution in [1.82, 2.24) is 9.97 Å². The lowest BCUT2D eigenvalue weighted by Crippen LogP contribution is -2.42. The fourth-order valence-corrected chi connectivity index (χ4v) is 3.59. The van der Waals surface area contributed by atoms with Crippen LogP contribution in [0.2, 0.25) is 0 Å². The number of nitrogens with zero attached hydrogens (tertiary/aromatic N) is 3. The lowest BCUT2D eigenvalue weighted by atomic mass is 9.85. The molecule has 3 unspecified atom stereocenters. The van der Waals surface area contributed by atoms with E-state index in [2.05, 4.69) is 9.97 Å². The molecule has 0 amide bonds. The van der Waals surface area contributed by atoms with Gasteiger partial charge in [-0.15, -0.1) is 0 Å². The van der Waals surface area contributed by atoms with Gasteiger partial charge in [0.15, 0.2) is 0 Å². The average Bonchev–Trinajstić information content (AvgIpc) is 2.87. The maximum atomic E-state index is 11.6. The highest BCUT2D eigenvalue weighted by Crippen LogP contribution is 2.42. The van der Waals surface area contributed by atoms with Crippen molar-refractivity contribution in [2.24, 2.45) is 5.92 Å². The highest BCUT2D eigenvalue weighted by Gasteiger charge is 2.45. The summed E-state index contributed by atoms with van der Waals surface area (Å²) >= 11 is 0. The first-order valence-corrected chi connectivity index (χ1v) is 7.08. The predicted octanol–water partition coefficient (Wildman–Crippen LogP) is 1.71. The van der Waals surface area contributed by atoms with Crippen molar-refractivity contribution in [3.63, 3.8) is 0 Å². The molecule has 1 aromatic heterocycles. The molecule has 6 nitrogen and oxygen atoms in total. The number of hydrogen-bond donors (Lipinski definition) is 1. The lowest BCUT2D eigenvalue weighted by Gasteiger charge is -2.33. The van der Waals surface area contributed by atoms with Gasteiger partial charge in [0.25, 0.3) is 0 Å². The second-order valence-electron chi connectivity index (χ2n) is 5.53. The van der Waals surface area contributed by atoms with Crippen LogP contribution in [0.15, 0.2) is 12.4 Å². The summed E-state index contributed by atoms with van der Waals surface area (Å²) in [5, 5.41) is 9.50. The molecule has 0 aromatic carbocycles. The molecule has 2 aliphatic rings. The number of ether oxygens (including phenoxy) is 1. The predicted molar refractivity (Wildman–Crippen MR) is 72.8 cm³/mol. The van der Waals surface area contributed by atoms with E-state index in [0.29, 0.717) is 24.0 Å². The number of fused-ring (bicyclic) bond motifs is 1. The molecule has 1 saturated carbocycles. The Bertz CT molecular complexity index is 508. The van der Waals surface area contributed by atoms with Gasteiger partial charge in [-0.25, -0.2) is 14.8 Å². The second kappa shape index (κ2) is 5.26. The van der Waals surface area contributed by atoms with E-state index in [-0.39, 0.29) is 6.04 Å². The molecule has 6 heteroatoms. The van der Waals surface area contributed by atoms with Crippen LogP contribution in [-0.2, 0) is 4.79 Å². The number of methoxy groups -OCH3 is 1. The molecule has 0 radical (unpaired) electrons. The number of carboxylic acid groups (broad SMARTS) is 1. The van der Waals surface area contributed by atoms with Gasteiger partial charge in [0.1, 0.15) is 18.2 Å². The van der Waals surface area contributed by atoms with Gasteiger partial charge in [0.2, 0.25) is 5.88 Å². The molecular formula is C14H19N3O3. The fraction of sp³-hybridized carbons (Fsp3) is 0.643. The molecule has 2 heterocycles. The van der Waals surface area contributed by atoms with E-state index >= 15 is 0 Å². The molecule has 0 bridgehead atoms. The molecule has 1 aliphatic heterocycles. The van der Waals surface area contributed by atoms with Crippen molar-refractivity contribution in [3.8, 4) is 5.88 Å². The minimum atomic E-state index is -0.767. The van der Waals surface area contributed by atoms with E-state index in [1.165, 1.54) is 12.7 Å². The summed E-state index contributed by atoms with van der Waals surface area (Å²) in [6.07, 6.45) is 6.67. The Kier molecular flexibility index (Phi) is 3.46. The van der Waals surface area contributed by atoms with E-state index in [4.69, 9.17) is 4.74 Å². The molecule has 0 spiro atoms. The molecule has 3 atom stereocenters. The maximum Gasteiger partial charge on any atom is 0.326 e. The number of anilines is 1. The monoisotopic (exact) mass is 277 g/mol. The minimum absolute atomic E-state index is 0.282. The Hall–Kier alpha value is -1.85. The third-order valence-corrected chi connectivity index (χ3v) is 4.47. The molecule has 2 fully saturated rings. The number of hydrogen-bond acceptors (Lipinski definition) is 5. The summed E-state index contributed by atoms with van der Waals surface area (Å²) in [7, 11) is 1.55. The van der Waals surface area contributed by atoms with Crippen LogP contribution in [0.25, 0.3) is 0 Å². The van der Waals surface area contributed by atoms with Crippen LogP contribution in [0, 0.1) is 5.92 Å². The Balaban J connectivity index is 1.95. The van der Waals surface area contributed by atoms with E-state index in [0.717, 1.165) is 19.3 Å². The number of aromatic nitrogens is 2. The van der Waals surface area contributed by atoms with Gasteiger partial charge in [-0.2, -0.15) is 0 Å². The van der Waals surface area contributed by atoms with Gasteiger partial charge in [-0.1, -0.05) is 12.8 Å². The number of rotatable bonds is 3. The topological polar surface area (TPSA) is 75.5 Å². The summed E-state index contributed by atoms with van der Waals surface area (Å²) in [5.74, 6) is 0.833. The second-order valence-corrected chi connectivity index (χ2v) is 5.53. The first-order valence-electron chi connectivity index (χ1n) is 7.08. The van der Waals surface area contributed by atoms with E-state index in [1.807, 2.05) is 4.90 Å². The third kappa shape index (κ3) is 2.19. The third-order valence-electron chi connectivity index (χ3n) is 4.47. The van der Waals surface area contributed by atoms with Gasteiger partial charge in [0.05, 0.1) is 7.11 Å². The summed E-state index contributed by atoms with van der Waals surface area (Å²) in [5.41, 5.74) is 0. The number of carbonyl (C=O) groups is 1. The average molecular weight is 277 g/mol. The smallest absolute Gasteiger partial charge is 0.326 e. The van der Waals surface area contributed by atoms with Crippen LogP contribution >= 0.6 is 0 Å². The van der Waals surface area contributed by atoms with E-state index < -0.39 is 12.0 Å². The molecule has 1 aliphatic carbocycles. The van der Waals surface area contributed by atoms with Crippen LogP contribution in [0.5, 0.6) is 5.88 Å². The quantitative estimate of drug-likeness (QED) is 0.906. The summed E-state index contributed by atoms with van der Waals surface area (Å²) in [6, 6.07) is 1.53. The van der Waals surface area contributed by atoms with Gasteiger partial charge >= 0.3 is 5.97 Å². The number of aliphatic carboxylic acids is 1. The Morgan fingerprint density at radius 3 is 2.95 bits per heavy atom. The fourth-order valence-electron chi connectivity index (χ4n) is 3.59. The van der Waals surface area contributed by atoms with Crippen LogP contribution in [0.1, 0.15) is 32.1 Å². The lowest BCUT2D eigenvalue weighted by molar-refractivity contribution is -0.138. The van der Waals surface area contributed by atoms with Gasteiger partial charge in [-0.05, 0) is 25.2 Å². The van der Waals surface area contributed by atoms with Gasteiger partial charge < -0.3 is 14.7 Å². The van der Waals surface area contributed by atoms with Crippen molar-refractivity contribution < 1.29 is 14.6 Å². The molecular weight excluding hydrogens is 258 g/mol. The van der Waals surface area contributed by atoms with E-state index in [9.17, 15) is 9.90 Å². The Morgan fingerprint density at radius 2 is 2.20 bits per heavy atom. The Morgan fingerprint density at radius 1 is 1.40 bits per heavy atom. The van der Waals surface area contributed by atoms with Gasteiger partial charge in [0, 0.05) is 12.1 Å². The maximum absolute atomic E-state index is 11.6. The van der Waals surface area contributed by atoms with Crippen LogP contribution in [-0.4, -0.2) is 40.2 Å². The normalized spacial score (nSPS) is 29.1. The van der Waals surface area contributed by atoms with Crippen molar-refractivity contribution >= 4 is 11.8 Å². The first kappa shape index (κ1) is 13.1. The zero-order valence-corrected chi connectivity index (χ0v) is 11.5. The van der Waals surface area contributed by atoms with Crippen molar-refractivity contribution in [2.45, 2.75) is 44.2 Å². The standard InChI is InChI=1S/C14H19N3O3/c1-20-13-7-12(15-8-16-13)17-10-5-3-2-4-9(10)6-11(17)14(18)19/h7-11H,2-6H2,1H3,(H,18,19). The zero-order chi connectivity index (χ0) is 14.1.